The zero-order chi connectivity index (χ0) is 9.84. The maximum atomic E-state index is 12.5. The van der Waals surface area contributed by atoms with Crippen molar-refractivity contribution >= 4 is 17.7 Å². The van der Waals surface area contributed by atoms with Crippen molar-refractivity contribution in [3.63, 3.8) is 0 Å². The minimum absolute atomic E-state index is 0.313. The molecular formula is C9H9FO2S. The average molecular weight is 200 g/mol. The molecule has 0 bridgehead atoms. The van der Waals surface area contributed by atoms with Gasteiger partial charge in [-0.05, 0) is 31.2 Å². The zero-order valence-electron chi connectivity index (χ0n) is 7.03. The monoisotopic (exact) mass is 200 g/mol. The van der Waals surface area contributed by atoms with E-state index in [1.54, 1.807) is 19.1 Å². The molecule has 0 aliphatic carbocycles. The van der Waals surface area contributed by atoms with Crippen LogP contribution in [-0.4, -0.2) is 16.3 Å². The minimum Gasteiger partial charge on any atom is -0.480 e. The van der Waals surface area contributed by atoms with Crippen LogP contribution in [0.5, 0.6) is 0 Å². The molecule has 13 heavy (non-hydrogen) atoms. The number of thioether (sulfide) groups is 1. The van der Waals surface area contributed by atoms with Crippen LogP contribution < -0.4 is 0 Å². The van der Waals surface area contributed by atoms with Crippen LogP contribution in [0.2, 0.25) is 0 Å². The Morgan fingerprint density at radius 1 is 1.46 bits per heavy atom. The average Bonchev–Trinajstić information content (AvgIpc) is 2.08. The normalized spacial score (nSPS) is 12.5. The number of hydrogen-bond acceptors (Lipinski definition) is 2. The van der Waals surface area contributed by atoms with Gasteiger partial charge in [-0.25, -0.2) is 4.39 Å². The highest BCUT2D eigenvalue weighted by Gasteiger charge is 2.11. The zero-order valence-corrected chi connectivity index (χ0v) is 7.84. The lowest BCUT2D eigenvalue weighted by Gasteiger charge is -2.04. The molecule has 1 unspecified atom stereocenters. The van der Waals surface area contributed by atoms with Crippen LogP contribution in [0.1, 0.15) is 6.92 Å². The van der Waals surface area contributed by atoms with E-state index >= 15 is 0 Å². The number of halogens is 1. The molecule has 0 fully saturated rings. The third kappa shape index (κ3) is 3.06. The van der Waals surface area contributed by atoms with E-state index in [0.717, 1.165) is 4.90 Å². The topological polar surface area (TPSA) is 37.3 Å². The summed E-state index contributed by atoms with van der Waals surface area (Å²) in [5.74, 6) is -1.18. The lowest BCUT2D eigenvalue weighted by molar-refractivity contribution is -0.136. The molecular weight excluding hydrogens is 191 g/mol. The highest BCUT2D eigenvalue weighted by Crippen LogP contribution is 2.23. The summed E-state index contributed by atoms with van der Waals surface area (Å²) in [6.07, 6.45) is 0. The second-order valence-electron chi connectivity index (χ2n) is 2.55. The Morgan fingerprint density at radius 2 is 2.00 bits per heavy atom. The Bertz CT molecular complexity index is 297. The van der Waals surface area contributed by atoms with Crippen molar-refractivity contribution in [2.24, 2.45) is 0 Å². The van der Waals surface area contributed by atoms with E-state index in [4.69, 9.17) is 5.11 Å². The standard InChI is InChI=1S/C9H9FO2S/c1-6(9(11)12)13-8-4-2-7(10)3-5-8/h2-6H,1H3,(H,11,12). The molecule has 0 amide bonds. The van der Waals surface area contributed by atoms with Crippen molar-refractivity contribution in [3.05, 3.63) is 30.1 Å². The molecule has 0 aliphatic heterocycles. The van der Waals surface area contributed by atoms with Gasteiger partial charge in [-0.2, -0.15) is 0 Å². The van der Waals surface area contributed by atoms with Crippen LogP contribution in [0.15, 0.2) is 29.2 Å². The van der Waals surface area contributed by atoms with Crippen molar-refractivity contribution in [2.75, 3.05) is 0 Å². The molecule has 1 aromatic rings. The van der Waals surface area contributed by atoms with E-state index in [1.165, 1.54) is 23.9 Å². The van der Waals surface area contributed by atoms with Crippen molar-refractivity contribution in [3.8, 4) is 0 Å². The minimum atomic E-state index is -0.866. The molecule has 0 aromatic heterocycles. The summed E-state index contributed by atoms with van der Waals surface area (Å²) in [7, 11) is 0. The summed E-state index contributed by atoms with van der Waals surface area (Å²) in [6.45, 7) is 1.59. The second-order valence-corrected chi connectivity index (χ2v) is 3.97. The van der Waals surface area contributed by atoms with E-state index < -0.39 is 11.2 Å². The van der Waals surface area contributed by atoms with Gasteiger partial charge in [0.05, 0.1) is 0 Å². The Hall–Kier alpha value is -1.03. The van der Waals surface area contributed by atoms with E-state index in [0.29, 0.717) is 0 Å². The molecule has 1 rings (SSSR count). The van der Waals surface area contributed by atoms with Crippen molar-refractivity contribution < 1.29 is 14.3 Å². The summed E-state index contributed by atoms with van der Waals surface area (Å²) in [5.41, 5.74) is 0. The molecule has 4 heteroatoms. The van der Waals surface area contributed by atoms with E-state index in [9.17, 15) is 9.18 Å². The Kier molecular flexibility index (Phi) is 3.31. The summed E-state index contributed by atoms with van der Waals surface area (Å²) >= 11 is 1.19. The lowest BCUT2D eigenvalue weighted by atomic mass is 10.3. The Balaban J connectivity index is 2.64. The third-order valence-electron chi connectivity index (χ3n) is 1.47. The molecule has 0 heterocycles. The van der Waals surface area contributed by atoms with Crippen molar-refractivity contribution in [2.45, 2.75) is 17.1 Å². The maximum Gasteiger partial charge on any atom is 0.316 e. The van der Waals surface area contributed by atoms with Gasteiger partial charge in [0.1, 0.15) is 11.1 Å². The first kappa shape index (κ1) is 10.1. The van der Waals surface area contributed by atoms with Crippen LogP contribution in [0, 0.1) is 5.82 Å². The molecule has 0 radical (unpaired) electrons. The fourth-order valence-electron chi connectivity index (χ4n) is 0.768. The van der Waals surface area contributed by atoms with Crippen LogP contribution in [0.4, 0.5) is 4.39 Å². The van der Waals surface area contributed by atoms with Gasteiger partial charge < -0.3 is 5.11 Å². The Morgan fingerprint density at radius 3 is 2.46 bits per heavy atom. The molecule has 1 atom stereocenters. The molecule has 1 N–H and O–H groups in total. The van der Waals surface area contributed by atoms with Gasteiger partial charge in [0.2, 0.25) is 0 Å². The number of carboxylic acid groups (broad SMARTS) is 1. The molecule has 0 saturated heterocycles. The van der Waals surface area contributed by atoms with Crippen molar-refractivity contribution in [1.82, 2.24) is 0 Å². The molecule has 2 nitrogen and oxygen atoms in total. The number of carboxylic acids is 1. The quantitative estimate of drug-likeness (QED) is 0.761. The molecule has 0 saturated carbocycles. The highest BCUT2D eigenvalue weighted by molar-refractivity contribution is 8.00. The SMILES string of the molecule is CC(Sc1ccc(F)cc1)C(=O)O. The van der Waals surface area contributed by atoms with Crippen LogP contribution in [0.25, 0.3) is 0 Å². The number of aliphatic carboxylic acids is 1. The van der Waals surface area contributed by atoms with Gasteiger partial charge in [-0.3, -0.25) is 4.79 Å². The van der Waals surface area contributed by atoms with Crippen LogP contribution in [0.3, 0.4) is 0 Å². The smallest absolute Gasteiger partial charge is 0.316 e. The largest absolute Gasteiger partial charge is 0.480 e. The summed E-state index contributed by atoms with van der Waals surface area (Å²) < 4.78 is 12.5. The van der Waals surface area contributed by atoms with E-state index in [-0.39, 0.29) is 5.82 Å². The van der Waals surface area contributed by atoms with Gasteiger partial charge >= 0.3 is 5.97 Å². The van der Waals surface area contributed by atoms with Gasteiger partial charge in [-0.1, -0.05) is 0 Å². The first-order valence-corrected chi connectivity index (χ1v) is 4.62. The molecule has 1 aromatic carbocycles. The van der Waals surface area contributed by atoms with Crippen LogP contribution >= 0.6 is 11.8 Å². The number of hydrogen-bond donors (Lipinski definition) is 1. The molecule has 0 spiro atoms. The van der Waals surface area contributed by atoms with Gasteiger partial charge in [-0.15, -0.1) is 11.8 Å². The second kappa shape index (κ2) is 4.28. The summed E-state index contributed by atoms with van der Waals surface area (Å²) in [4.78, 5) is 11.2. The fourth-order valence-corrected chi connectivity index (χ4v) is 1.57. The fraction of sp³-hybridized carbons (Fsp3) is 0.222. The molecule has 70 valence electrons. The Labute approximate surface area is 79.8 Å². The van der Waals surface area contributed by atoms with Gasteiger partial charge in [0.25, 0.3) is 0 Å². The summed E-state index contributed by atoms with van der Waals surface area (Å²) in [5, 5.41) is 8.09. The predicted molar refractivity (Wildman–Crippen MR) is 49.4 cm³/mol. The highest BCUT2D eigenvalue weighted by atomic mass is 32.2. The number of carbonyl (C=O) groups is 1. The number of benzene rings is 1. The summed E-state index contributed by atoms with van der Waals surface area (Å²) in [6, 6.07) is 5.77. The molecule has 0 aliphatic rings. The first-order valence-electron chi connectivity index (χ1n) is 3.74. The van der Waals surface area contributed by atoms with Gasteiger partial charge in [0.15, 0.2) is 0 Å². The lowest BCUT2D eigenvalue weighted by Crippen LogP contribution is -2.10. The first-order chi connectivity index (χ1) is 6.09. The van der Waals surface area contributed by atoms with E-state index in [2.05, 4.69) is 0 Å². The predicted octanol–water partition coefficient (Wildman–Crippen LogP) is 2.39. The van der Waals surface area contributed by atoms with E-state index in [1.807, 2.05) is 0 Å². The maximum absolute atomic E-state index is 12.5. The van der Waals surface area contributed by atoms with Gasteiger partial charge in [0, 0.05) is 4.90 Å². The number of rotatable bonds is 3. The van der Waals surface area contributed by atoms with Crippen molar-refractivity contribution in [1.29, 1.82) is 0 Å². The van der Waals surface area contributed by atoms with Crippen LogP contribution in [-0.2, 0) is 4.79 Å². The third-order valence-corrected chi connectivity index (χ3v) is 2.57.